The molecule has 1 unspecified atom stereocenters. The zero-order valence-corrected chi connectivity index (χ0v) is 20.3. The summed E-state index contributed by atoms with van der Waals surface area (Å²) in [6, 6.07) is 7.33. The Morgan fingerprint density at radius 2 is 1.86 bits per heavy atom. The Morgan fingerprint density at radius 1 is 1.11 bits per heavy atom. The van der Waals surface area contributed by atoms with Crippen molar-refractivity contribution in [2.24, 2.45) is 5.92 Å². The molecule has 0 spiro atoms. The molecule has 1 aliphatic rings. The number of hydrogen-bond acceptors (Lipinski definition) is 6. The van der Waals surface area contributed by atoms with Crippen molar-refractivity contribution >= 4 is 0 Å². The molecule has 5 rings (SSSR count). The number of aromatic nitrogens is 4. The van der Waals surface area contributed by atoms with Crippen LogP contribution in [0.15, 0.2) is 40.9 Å². The van der Waals surface area contributed by atoms with Gasteiger partial charge in [-0.3, -0.25) is 0 Å². The molecule has 7 nitrogen and oxygen atoms in total. The third-order valence-corrected chi connectivity index (χ3v) is 6.59. The second kappa shape index (κ2) is 9.00. The normalized spacial score (nSPS) is 17.3. The van der Waals surface area contributed by atoms with Gasteiger partial charge < -0.3 is 13.9 Å². The van der Waals surface area contributed by atoms with Crippen LogP contribution in [-0.4, -0.2) is 27.1 Å². The Balaban J connectivity index is 1.57. The van der Waals surface area contributed by atoms with Gasteiger partial charge in [-0.1, -0.05) is 25.1 Å². The number of nitrogens with zero attached hydrogens (tertiary/aromatic N) is 4. The highest BCUT2D eigenvalue weighted by Crippen LogP contribution is 2.42. The predicted molar refractivity (Wildman–Crippen MR) is 125 cm³/mol. The molecule has 4 aromatic rings. The Labute approximate surface area is 205 Å². The van der Waals surface area contributed by atoms with Crippen molar-refractivity contribution in [1.29, 1.82) is 0 Å². The summed E-state index contributed by atoms with van der Waals surface area (Å²) in [4.78, 5) is 4.15. The molecule has 0 fully saturated rings. The van der Waals surface area contributed by atoms with Gasteiger partial charge in [0.05, 0.1) is 24.6 Å². The third kappa shape index (κ3) is 3.90. The lowest BCUT2D eigenvalue weighted by Crippen LogP contribution is -2.48. The molecule has 36 heavy (non-hydrogen) atoms. The van der Waals surface area contributed by atoms with Gasteiger partial charge in [-0.25, -0.2) is 22.8 Å². The number of methoxy groups -OCH3 is 1. The lowest BCUT2D eigenvalue weighted by molar-refractivity contribution is -0.0846. The number of rotatable bonds is 6. The number of hydrogen-bond donors (Lipinski definition) is 0. The number of oxazole rings is 1. The molecule has 0 bridgehead atoms. The summed E-state index contributed by atoms with van der Waals surface area (Å²) in [6.07, 6.45) is 3.59. The molecule has 1 aliphatic heterocycles. The molecular formula is C26H25F3N4O3. The highest BCUT2D eigenvalue weighted by Gasteiger charge is 2.44. The quantitative estimate of drug-likeness (QED) is 0.301. The Bertz CT molecular complexity index is 1410. The van der Waals surface area contributed by atoms with Gasteiger partial charge in [0.25, 0.3) is 0 Å². The topological polar surface area (TPSA) is 75.2 Å². The standard InChI is InChI=1S/C26H25F3N4O3/c1-14(2)26(36-17-11-19(27)24(29)20(28)12-17)9-5-6-21-25(31-32-33(21)26)16-7-8-18(22(10-16)34-4)23-13-30-15(3)35-23/h7-8,10-14H,5-6,9H2,1-4H3. The van der Waals surface area contributed by atoms with Crippen LogP contribution in [0.5, 0.6) is 11.5 Å². The molecule has 0 radical (unpaired) electrons. The summed E-state index contributed by atoms with van der Waals surface area (Å²) in [5, 5.41) is 8.87. The van der Waals surface area contributed by atoms with E-state index in [0.717, 1.165) is 35.4 Å². The van der Waals surface area contributed by atoms with Gasteiger partial charge in [0, 0.05) is 37.0 Å². The molecule has 1 atom stereocenters. The lowest BCUT2D eigenvalue weighted by Gasteiger charge is -2.41. The summed E-state index contributed by atoms with van der Waals surface area (Å²) in [7, 11) is 1.57. The fourth-order valence-corrected chi connectivity index (χ4v) is 4.74. The number of fused-ring (bicyclic) bond motifs is 1. The van der Waals surface area contributed by atoms with E-state index in [4.69, 9.17) is 13.9 Å². The Morgan fingerprint density at radius 3 is 2.50 bits per heavy atom. The van der Waals surface area contributed by atoms with Crippen LogP contribution in [0.4, 0.5) is 13.2 Å². The maximum atomic E-state index is 13.9. The van der Waals surface area contributed by atoms with E-state index in [2.05, 4.69) is 15.3 Å². The average molecular weight is 499 g/mol. The first-order valence-corrected chi connectivity index (χ1v) is 11.6. The molecule has 3 heterocycles. The first kappa shape index (κ1) is 23.9. The average Bonchev–Trinajstić information content (AvgIpc) is 3.49. The Hall–Kier alpha value is -3.82. The molecule has 10 heteroatoms. The van der Waals surface area contributed by atoms with Crippen molar-refractivity contribution in [3.05, 3.63) is 65.6 Å². The fourth-order valence-electron chi connectivity index (χ4n) is 4.74. The van der Waals surface area contributed by atoms with E-state index in [0.29, 0.717) is 35.9 Å². The van der Waals surface area contributed by atoms with Crippen molar-refractivity contribution < 1.29 is 27.1 Å². The minimum absolute atomic E-state index is 0.113. The summed E-state index contributed by atoms with van der Waals surface area (Å²) in [6.45, 7) is 5.64. The van der Waals surface area contributed by atoms with Crippen LogP contribution < -0.4 is 9.47 Å². The van der Waals surface area contributed by atoms with E-state index in [-0.39, 0.29) is 11.7 Å². The zero-order chi connectivity index (χ0) is 25.6. The third-order valence-electron chi connectivity index (χ3n) is 6.59. The largest absolute Gasteiger partial charge is 0.496 e. The van der Waals surface area contributed by atoms with E-state index in [1.807, 2.05) is 32.0 Å². The van der Waals surface area contributed by atoms with Crippen LogP contribution in [-0.2, 0) is 12.1 Å². The van der Waals surface area contributed by atoms with Gasteiger partial charge in [0.15, 0.2) is 29.1 Å². The molecule has 0 N–H and O–H groups in total. The molecular weight excluding hydrogens is 473 g/mol. The van der Waals surface area contributed by atoms with Crippen LogP contribution in [0.3, 0.4) is 0 Å². The zero-order valence-electron chi connectivity index (χ0n) is 20.3. The summed E-state index contributed by atoms with van der Waals surface area (Å²) >= 11 is 0. The van der Waals surface area contributed by atoms with E-state index < -0.39 is 23.2 Å². The van der Waals surface area contributed by atoms with Gasteiger partial charge in [0.1, 0.15) is 17.2 Å². The molecule has 0 saturated heterocycles. The predicted octanol–water partition coefficient (Wildman–Crippen LogP) is 6.06. The molecule has 0 aliphatic carbocycles. The van der Waals surface area contributed by atoms with Gasteiger partial charge in [0.2, 0.25) is 5.72 Å². The molecule has 2 aromatic carbocycles. The molecule has 188 valence electrons. The maximum Gasteiger partial charge on any atom is 0.206 e. The lowest BCUT2D eigenvalue weighted by atomic mass is 9.88. The van der Waals surface area contributed by atoms with E-state index in [1.165, 1.54) is 0 Å². The highest BCUT2D eigenvalue weighted by molar-refractivity contribution is 5.73. The van der Waals surface area contributed by atoms with Gasteiger partial charge in [-0.2, -0.15) is 0 Å². The molecule has 0 amide bonds. The first-order chi connectivity index (χ1) is 17.2. The highest BCUT2D eigenvalue weighted by atomic mass is 19.2. The summed E-state index contributed by atoms with van der Waals surface area (Å²) < 4.78 is 60.5. The number of aryl methyl sites for hydroxylation is 1. The second-order valence-corrected chi connectivity index (χ2v) is 9.11. The van der Waals surface area contributed by atoms with Crippen molar-refractivity contribution in [2.75, 3.05) is 7.11 Å². The summed E-state index contributed by atoms with van der Waals surface area (Å²) in [5.41, 5.74) is 1.95. The second-order valence-electron chi connectivity index (χ2n) is 9.11. The number of benzene rings is 2. The van der Waals surface area contributed by atoms with Crippen molar-refractivity contribution in [3.63, 3.8) is 0 Å². The fraction of sp³-hybridized carbons (Fsp3) is 0.346. The first-order valence-electron chi connectivity index (χ1n) is 11.6. The Kier molecular flexibility index (Phi) is 5.97. The van der Waals surface area contributed by atoms with Crippen molar-refractivity contribution in [1.82, 2.24) is 20.0 Å². The SMILES string of the molecule is COc1cc(-c2nnn3c2CCCC3(Oc2cc(F)c(F)c(F)c2)C(C)C)ccc1-c1cnc(C)o1. The van der Waals surface area contributed by atoms with Gasteiger partial charge >= 0.3 is 0 Å². The maximum absolute atomic E-state index is 13.9. The van der Waals surface area contributed by atoms with Crippen LogP contribution in [0.1, 0.15) is 38.3 Å². The van der Waals surface area contributed by atoms with E-state index in [9.17, 15) is 13.2 Å². The number of halogens is 3. The minimum Gasteiger partial charge on any atom is -0.496 e. The molecule has 0 saturated carbocycles. The van der Waals surface area contributed by atoms with E-state index in [1.54, 1.807) is 24.9 Å². The van der Waals surface area contributed by atoms with Crippen LogP contribution in [0, 0.1) is 30.3 Å². The smallest absolute Gasteiger partial charge is 0.206 e. The van der Waals surface area contributed by atoms with E-state index >= 15 is 0 Å². The number of ether oxygens (including phenoxy) is 2. The van der Waals surface area contributed by atoms with Crippen LogP contribution >= 0.6 is 0 Å². The van der Waals surface area contributed by atoms with Gasteiger partial charge in [-0.05, 0) is 25.0 Å². The molecule has 2 aromatic heterocycles. The minimum atomic E-state index is -1.54. The van der Waals surface area contributed by atoms with Crippen LogP contribution in [0.25, 0.3) is 22.6 Å². The monoisotopic (exact) mass is 498 g/mol. The summed E-state index contributed by atoms with van der Waals surface area (Å²) in [5.74, 6) is -2.69. The van der Waals surface area contributed by atoms with Crippen molar-refractivity contribution in [2.45, 2.75) is 45.8 Å². The van der Waals surface area contributed by atoms with Crippen LogP contribution in [0.2, 0.25) is 0 Å². The van der Waals surface area contributed by atoms with Gasteiger partial charge in [-0.15, -0.1) is 5.10 Å². The van der Waals surface area contributed by atoms with Crippen molar-refractivity contribution in [3.8, 4) is 34.1 Å².